The average molecular weight is 285 g/mol. The zero-order valence-corrected chi connectivity index (χ0v) is 11.4. The molecule has 1 aromatic rings. The van der Waals surface area contributed by atoms with Gasteiger partial charge in [-0.2, -0.15) is 0 Å². The fraction of sp³-hybridized carbons (Fsp3) is 0.385. The van der Waals surface area contributed by atoms with Crippen LogP contribution < -0.4 is 11.1 Å². The summed E-state index contributed by atoms with van der Waals surface area (Å²) in [6.07, 6.45) is 0.299. The van der Waals surface area contributed by atoms with Gasteiger partial charge in [0.2, 0.25) is 11.8 Å². The molecule has 1 rings (SSSR count). The molecule has 0 fully saturated rings. The Morgan fingerprint density at radius 2 is 2.21 bits per heavy atom. The molecule has 0 unspecified atom stereocenters. The quantitative estimate of drug-likeness (QED) is 0.780. The third-order valence-electron chi connectivity index (χ3n) is 2.44. The Balaban J connectivity index is 2.63. The summed E-state index contributed by atoms with van der Waals surface area (Å²) in [6, 6.07) is 6.28. The molecule has 6 heteroatoms. The van der Waals surface area contributed by atoms with Crippen molar-refractivity contribution < 1.29 is 14.3 Å². The number of carbonyl (C=O) groups is 2. The number of rotatable bonds is 7. The standard InChI is InChI=1S/C13H17ClN2O3/c1-2-19-8-12(17)16-11(13(15)18)7-9-4-3-5-10(14)6-9/h3-6,11H,2,7-8H2,1H3,(H2,15,18)(H,16,17)/t11-/m0/s1. The SMILES string of the molecule is CCOCC(=O)N[C@@H](Cc1cccc(Cl)c1)C(N)=O. The lowest BCUT2D eigenvalue weighted by Gasteiger charge is -2.15. The first-order chi connectivity index (χ1) is 9.02. The van der Waals surface area contributed by atoms with Gasteiger partial charge in [-0.3, -0.25) is 9.59 Å². The van der Waals surface area contributed by atoms with Crippen molar-refractivity contribution in [1.82, 2.24) is 5.32 Å². The first kappa shape index (κ1) is 15.5. The lowest BCUT2D eigenvalue weighted by Crippen LogP contribution is -2.47. The summed E-state index contributed by atoms with van der Waals surface area (Å²) in [5.41, 5.74) is 6.10. The molecule has 5 nitrogen and oxygen atoms in total. The minimum atomic E-state index is -0.772. The van der Waals surface area contributed by atoms with E-state index in [-0.39, 0.29) is 12.5 Å². The smallest absolute Gasteiger partial charge is 0.246 e. The van der Waals surface area contributed by atoms with Crippen LogP contribution in [0.5, 0.6) is 0 Å². The van der Waals surface area contributed by atoms with Gasteiger partial charge < -0.3 is 15.8 Å². The number of carbonyl (C=O) groups excluding carboxylic acids is 2. The van der Waals surface area contributed by atoms with Crippen LogP contribution in [0, 0.1) is 0 Å². The summed E-state index contributed by atoms with van der Waals surface area (Å²) in [6.45, 7) is 2.13. The molecule has 0 aliphatic heterocycles. The van der Waals surface area contributed by atoms with Crippen molar-refractivity contribution in [2.75, 3.05) is 13.2 Å². The second kappa shape index (κ2) is 7.76. The molecule has 1 atom stereocenters. The van der Waals surface area contributed by atoms with Gasteiger partial charge in [-0.25, -0.2) is 0 Å². The highest BCUT2D eigenvalue weighted by molar-refractivity contribution is 6.30. The maximum absolute atomic E-state index is 11.5. The molecule has 0 radical (unpaired) electrons. The number of nitrogens with two attached hydrogens (primary N) is 1. The molecular formula is C13H17ClN2O3. The van der Waals surface area contributed by atoms with Crippen molar-refractivity contribution in [1.29, 1.82) is 0 Å². The van der Waals surface area contributed by atoms with Gasteiger partial charge in [0.15, 0.2) is 0 Å². The summed E-state index contributed by atoms with van der Waals surface area (Å²) >= 11 is 5.86. The van der Waals surface area contributed by atoms with Gasteiger partial charge >= 0.3 is 0 Å². The van der Waals surface area contributed by atoms with E-state index in [9.17, 15) is 9.59 Å². The van der Waals surface area contributed by atoms with Crippen molar-refractivity contribution >= 4 is 23.4 Å². The van der Waals surface area contributed by atoms with E-state index in [4.69, 9.17) is 22.1 Å². The average Bonchev–Trinajstić information content (AvgIpc) is 2.35. The van der Waals surface area contributed by atoms with E-state index in [2.05, 4.69) is 5.32 Å². The van der Waals surface area contributed by atoms with Crippen LogP contribution >= 0.6 is 11.6 Å². The Labute approximate surface area is 117 Å². The zero-order valence-electron chi connectivity index (χ0n) is 10.7. The Kier molecular flexibility index (Phi) is 6.32. The number of ether oxygens (including phenoxy) is 1. The molecule has 0 aliphatic carbocycles. The Morgan fingerprint density at radius 1 is 1.47 bits per heavy atom. The summed E-state index contributed by atoms with van der Waals surface area (Å²) in [5.74, 6) is -0.961. The largest absolute Gasteiger partial charge is 0.372 e. The van der Waals surface area contributed by atoms with Crippen LogP contribution in [0.2, 0.25) is 5.02 Å². The summed E-state index contributed by atoms with van der Waals surface area (Å²) < 4.78 is 4.96. The number of nitrogens with one attached hydrogen (secondary N) is 1. The van der Waals surface area contributed by atoms with Crippen molar-refractivity contribution in [2.45, 2.75) is 19.4 Å². The maximum Gasteiger partial charge on any atom is 0.246 e. The van der Waals surface area contributed by atoms with Crippen LogP contribution in [0.15, 0.2) is 24.3 Å². The van der Waals surface area contributed by atoms with Crippen molar-refractivity contribution in [3.05, 3.63) is 34.9 Å². The van der Waals surface area contributed by atoms with Crippen molar-refractivity contribution in [3.8, 4) is 0 Å². The van der Waals surface area contributed by atoms with Crippen molar-refractivity contribution in [2.24, 2.45) is 5.73 Å². The zero-order chi connectivity index (χ0) is 14.3. The molecule has 0 spiro atoms. The Hall–Kier alpha value is -1.59. The van der Waals surface area contributed by atoms with Crippen LogP contribution in [0.3, 0.4) is 0 Å². The molecule has 0 bridgehead atoms. The predicted octanol–water partition coefficient (Wildman–Crippen LogP) is 0.889. The van der Waals surface area contributed by atoms with E-state index in [1.54, 1.807) is 25.1 Å². The molecule has 0 heterocycles. The lowest BCUT2D eigenvalue weighted by atomic mass is 10.1. The van der Waals surface area contributed by atoms with E-state index >= 15 is 0 Å². The molecule has 2 amide bonds. The molecule has 0 aliphatic rings. The number of hydrogen-bond acceptors (Lipinski definition) is 3. The summed E-state index contributed by atoms with van der Waals surface area (Å²) in [5, 5.41) is 3.11. The van der Waals surface area contributed by atoms with Crippen LogP contribution in [0.25, 0.3) is 0 Å². The Bertz CT molecular complexity index is 451. The van der Waals surface area contributed by atoms with Crippen molar-refractivity contribution in [3.63, 3.8) is 0 Å². The van der Waals surface area contributed by atoms with Gasteiger partial charge in [-0.1, -0.05) is 23.7 Å². The third kappa shape index (κ3) is 5.72. The molecule has 0 aromatic heterocycles. The summed E-state index contributed by atoms with van der Waals surface area (Å²) in [7, 11) is 0. The van der Waals surface area contributed by atoms with Crippen LogP contribution in [0.1, 0.15) is 12.5 Å². The Morgan fingerprint density at radius 3 is 2.79 bits per heavy atom. The molecule has 0 saturated carbocycles. The molecule has 3 N–H and O–H groups in total. The van der Waals surface area contributed by atoms with E-state index in [0.29, 0.717) is 18.1 Å². The minimum absolute atomic E-state index is 0.0875. The van der Waals surface area contributed by atoms with Crippen LogP contribution in [-0.4, -0.2) is 31.1 Å². The first-order valence-corrected chi connectivity index (χ1v) is 6.31. The van der Waals surface area contributed by atoms with E-state index in [1.165, 1.54) is 0 Å². The predicted molar refractivity (Wildman–Crippen MR) is 72.8 cm³/mol. The highest BCUT2D eigenvalue weighted by Crippen LogP contribution is 2.12. The van der Waals surface area contributed by atoms with Gasteiger partial charge in [0, 0.05) is 18.1 Å². The molecular weight excluding hydrogens is 268 g/mol. The molecule has 1 aromatic carbocycles. The second-order valence-electron chi connectivity index (χ2n) is 3.99. The van der Waals surface area contributed by atoms with Crippen LogP contribution in [0.4, 0.5) is 0 Å². The number of primary amides is 1. The lowest BCUT2D eigenvalue weighted by molar-refractivity contribution is -0.130. The van der Waals surface area contributed by atoms with Gasteiger partial charge in [-0.05, 0) is 24.6 Å². The summed E-state index contributed by atoms with van der Waals surface area (Å²) in [4.78, 5) is 22.8. The normalized spacial score (nSPS) is 11.9. The van der Waals surface area contributed by atoms with Gasteiger partial charge in [-0.15, -0.1) is 0 Å². The third-order valence-corrected chi connectivity index (χ3v) is 2.68. The molecule has 104 valence electrons. The monoisotopic (exact) mass is 284 g/mol. The fourth-order valence-corrected chi connectivity index (χ4v) is 1.77. The fourth-order valence-electron chi connectivity index (χ4n) is 1.55. The first-order valence-electron chi connectivity index (χ1n) is 5.93. The van der Waals surface area contributed by atoms with Crippen LogP contribution in [-0.2, 0) is 20.7 Å². The highest BCUT2D eigenvalue weighted by Gasteiger charge is 2.18. The van der Waals surface area contributed by atoms with Gasteiger partial charge in [0.25, 0.3) is 0 Å². The topological polar surface area (TPSA) is 81.4 Å². The number of amides is 2. The molecule has 0 saturated heterocycles. The second-order valence-corrected chi connectivity index (χ2v) is 4.43. The van der Waals surface area contributed by atoms with Gasteiger partial charge in [0.1, 0.15) is 12.6 Å². The van der Waals surface area contributed by atoms with E-state index in [0.717, 1.165) is 5.56 Å². The maximum atomic E-state index is 11.5. The molecule has 19 heavy (non-hydrogen) atoms. The minimum Gasteiger partial charge on any atom is -0.372 e. The number of hydrogen-bond donors (Lipinski definition) is 2. The van der Waals surface area contributed by atoms with E-state index in [1.807, 2.05) is 6.07 Å². The number of benzene rings is 1. The highest BCUT2D eigenvalue weighted by atomic mass is 35.5. The number of halogens is 1. The van der Waals surface area contributed by atoms with E-state index < -0.39 is 11.9 Å². The van der Waals surface area contributed by atoms with Gasteiger partial charge in [0.05, 0.1) is 0 Å².